The number of ether oxygens (including phenoxy) is 1. The molecule has 2 amide bonds. The molecule has 0 aromatic heterocycles. The van der Waals surface area contributed by atoms with E-state index < -0.39 is 28.7 Å². The van der Waals surface area contributed by atoms with Crippen molar-refractivity contribution in [2.24, 2.45) is 11.8 Å². The van der Waals surface area contributed by atoms with Gasteiger partial charge in [0.05, 0.1) is 6.04 Å². The van der Waals surface area contributed by atoms with Crippen LogP contribution >= 0.6 is 15.9 Å². The Morgan fingerprint density at radius 2 is 1.83 bits per heavy atom. The van der Waals surface area contributed by atoms with E-state index in [0.717, 1.165) is 5.56 Å². The fraction of sp³-hybridized carbons (Fsp3) is 0.438. The number of ketones is 1. The van der Waals surface area contributed by atoms with Gasteiger partial charge in [-0.25, -0.2) is 10.6 Å². The molecule has 0 saturated carbocycles. The Bertz CT molecular complexity index is 566. The molecular weight excluding hydrogens is 378 g/mol. The van der Waals surface area contributed by atoms with Gasteiger partial charge in [-0.05, 0) is 17.9 Å². The fourth-order valence-corrected chi connectivity index (χ4v) is 2.45. The molecule has 1 unspecified atom stereocenters. The minimum absolute atomic E-state index is 0.0935. The number of carbonyl (C=O) groups is 3. The topological polar surface area (TPSA) is 111 Å². The van der Waals surface area contributed by atoms with Crippen molar-refractivity contribution in [3.05, 3.63) is 35.9 Å². The van der Waals surface area contributed by atoms with Crippen molar-refractivity contribution in [3.63, 3.8) is 0 Å². The molecule has 7 nitrogen and oxygen atoms in total. The second kappa shape index (κ2) is 10.0. The highest BCUT2D eigenvalue weighted by atomic mass is 79.9. The molecule has 0 aliphatic heterocycles. The Kier molecular flexibility index (Phi) is 8.42. The minimum Gasteiger partial charge on any atom is -0.445 e. The van der Waals surface area contributed by atoms with Gasteiger partial charge >= 0.3 is 6.09 Å². The number of halogens is 1. The molecular formula is C16H22BrN3O4. The first-order valence-corrected chi connectivity index (χ1v) is 8.42. The number of nitrogens with two attached hydrogens (primary N) is 1. The lowest BCUT2D eigenvalue weighted by Crippen LogP contribution is -2.49. The highest BCUT2D eigenvalue weighted by Gasteiger charge is 2.31. The van der Waals surface area contributed by atoms with Crippen LogP contribution in [0.25, 0.3) is 0 Å². The molecule has 0 saturated heterocycles. The molecule has 1 aromatic carbocycles. The molecule has 0 radical (unpaired) electrons. The molecule has 132 valence electrons. The number of carbonyl (C=O) groups excluding carboxylic acids is 3. The molecule has 2 atom stereocenters. The van der Waals surface area contributed by atoms with Gasteiger partial charge in [-0.15, -0.1) is 0 Å². The molecule has 4 N–H and O–H groups in total. The van der Waals surface area contributed by atoms with Crippen LogP contribution in [0.3, 0.4) is 0 Å². The Morgan fingerprint density at radius 3 is 2.38 bits per heavy atom. The van der Waals surface area contributed by atoms with Crippen LogP contribution in [-0.4, -0.2) is 28.7 Å². The quantitative estimate of drug-likeness (QED) is 0.202. The number of benzene rings is 1. The van der Waals surface area contributed by atoms with E-state index in [9.17, 15) is 14.4 Å². The van der Waals surface area contributed by atoms with Crippen LogP contribution in [0.4, 0.5) is 4.79 Å². The summed E-state index contributed by atoms with van der Waals surface area (Å²) < 4.78 is 5.11. The van der Waals surface area contributed by atoms with E-state index in [1.54, 1.807) is 0 Å². The van der Waals surface area contributed by atoms with Crippen molar-refractivity contribution in [3.8, 4) is 0 Å². The molecule has 1 rings (SSSR count). The van der Waals surface area contributed by atoms with Gasteiger partial charge in [0.25, 0.3) is 5.91 Å². The molecule has 0 bridgehead atoms. The zero-order chi connectivity index (χ0) is 18.1. The second-order valence-corrected chi connectivity index (χ2v) is 6.58. The molecule has 0 spiro atoms. The van der Waals surface area contributed by atoms with Crippen molar-refractivity contribution in [1.82, 2.24) is 10.7 Å². The highest BCUT2D eigenvalue weighted by molar-refractivity contribution is 9.10. The first-order chi connectivity index (χ1) is 11.3. The van der Waals surface area contributed by atoms with Gasteiger partial charge in [0, 0.05) is 0 Å². The third-order valence-electron chi connectivity index (χ3n) is 3.18. The Balaban J connectivity index is 2.65. The van der Waals surface area contributed by atoms with Crippen LogP contribution in [-0.2, 0) is 20.9 Å². The summed E-state index contributed by atoms with van der Waals surface area (Å²) in [6.45, 7) is 3.91. The molecule has 1 aromatic rings. The third kappa shape index (κ3) is 6.67. The van der Waals surface area contributed by atoms with Crippen LogP contribution in [0, 0.1) is 5.92 Å². The van der Waals surface area contributed by atoms with E-state index in [2.05, 4.69) is 21.2 Å². The molecule has 0 aliphatic rings. The lowest BCUT2D eigenvalue weighted by Gasteiger charge is -2.21. The Morgan fingerprint density at radius 1 is 1.21 bits per heavy atom. The summed E-state index contributed by atoms with van der Waals surface area (Å²) in [5.41, 5.74) is 2.74. The monoisotopic (exact) mass is 399 g/mol. The van der Waals surface area contributed by atoms with Gasteiger partial charge < -0.3 is 10.1 Å². The first-order valence-electron chi connectivity index (χ1n) is 7.50. The molecule has 0 heterocycles. The number of alkyl halides is 1. The standard InChI is InChI=1S/C16H22BrN3O4/c1-10(2)8-12(14(21)13(17)15(22)20-18)19-16(23)24-9-11-6-4-3-5-7-11/h3-7,10,12-13H,8-9,18H2,1-2H3,(H,19,23)(H,20,22)/t12-,13?/m0/s1. The lowest BCUT2D eigenvalue weighted by molar-refractivity contribution is -0.128. The molecule has 24 heavy (non-hydrogen) atoms. The van der Waals surface area contributed by atoms with E-state index in [1.807, 2.05) is 49.6 Å². The summed E-state index contributed by atoms with van der Waals surface area (Å²) in [6.07, 6.45) is -0.343. The number of alkyl carbamates (subject to hydrolysis) is 1. The van der Waals surface area contributed by atoms with Gasteiger partial charge in [0.15, 0.2) is 10.6 Å². The minimum atomic E-state index is -1.14. The van der Waals surface area contributed by atoms with Crippen LogP contribution < -0.4 is 16.6 Å². The Hall–Kier alpha value is -1.93. The number of Topliss-reactive ketones (excluding diaryl/α,β-unsaturated/α-hetero) is 1. The van der Waals surface area contributed by atoms with Gasteiger partial charge in [-0.2, -0.15) is 0 Å². The van der Waals surface area contributed by atoms with Crippen molar-refractivity contribution < 1.29 is 19.1 Å². The lowest BCUT2D eigenvalue weighted by atomic mass is 9.98. The number of nitrogens with one attached hydrogen (secondary N) is 2. The normalized spacial score (nSPS) is 13.0. The van der Waals surface area contributed by atoms with E-state index in [4.69, 9.17) is 10.6 Å². The van der Waals surface area contributed by atoms with Crippen molar-refractivity contribution >= 4 is 33.7 Å². The maximum absolute atomic E-state index is 12.4. The van der Waals surface area contributed by atoms with Crippen molar-refractivity contribution in [1.29, 1.82) is 0 Å². The largest absolute Gasteiger partial charge is 0.445 e. The van der Waals surface area contributed by atoms with Gasteiger partial charge in [0.2, 0.25) is 0 Å². The maximum Gasteiger partial charge on any atom is 0.408 e. The Labute approximate surface area is 149 Å². The number of amides is 2. The van der Waals surface area contributed by atoms with Gasteiger partial charge in [-0.1, -0.05) is 60.1 Å². The SMILES string of the molecule is CC(C)C[C@H](NC(=O)OCc1ccccc1)C(=O)C(Br)C(=O)NN. The molecule has 0 fully saturated rings. The van der Waals surface area contributed by atoms with Gasteiger partial charge in [0.1, 0.15) is 6.61 Å². The second-order valence-electron chi connectivity index (χ2n) is 5.66. The van der Waals surface area contributed by atoms with Crippen molar-refractivity contribution in [2.75, 3.05) is 0 Å². The fourth-order valence-electron chi connectivity index (χ4n) is 2.00. The number of hydrogen-bond acceptors (Lipinski definition) is 5. The van der Waals surface area contributed by atoms with Crippen LogP contribution in [0.1, 0.15) is 25.8 Å². The average molecular weight is 400 g/mol. The van der Waals surface area contributed by atoms with Crippen LogP contribution in [0.2, 0.25) is 0 Å². The predicted molar refractivity (Wildman–Crippen MR) is 93.1 cm³/mol. The smallest absolute Gasteiger partial charge is 0.408 e. The predicted octanol–water partition coefficient (Wildman–Crippen LogP) is 1.65. The van der Waals surface area contributed by atoms with Crippen molar-refractivity contribution in [2.45, 2.75) is 37.7 Å². The maximum atomic E-state index is 12.4. The van der Waals surface area contributed by atoms with Crippen LogP contribution in [0.5, 0.6) is 0 Å². The highest BCUT2D eigenvalue weighted by Crippen LogP contribution is 2.12. The zero-order valence-corrected chi connectivity index (χ0v) is 15.2. The molecule has 0 aliphatic carbocycles. The van der Waals surface area contributed by atoms with E-state index >= 15 is 0 Å². The number of rotatable bonds is 8. The third-order valence-corrected chi connectivity index (χ3v) is 4.04. The number of hydrogen-bond donors (Lipinski definition) is 3. The summed E-state index contributed by atoms with van der Waals surface area (Å²) in [5.74, 6) is 4.01. The van der Waals surface area contributed by atoms with Crippen LogP contribution in [0.15, 0.2) is 30.3 Å². The summed E-state index contributed by atoms with van der Waals surface area (Å²) in [4.78, 5) is 34.7. The van der Waals surface area contributed by atoms with E-state index in [0.29, 0.717) is 6.42 Å². The first kappa shape index (κ1) is 20.1. The number of hydrazine groups is 1. The summed E-state index contributed by atoms with van der Waals surface area (Å²) in [7, 11) is 0. The molecule has 8 heteroatoms. The van der Waals surface area contributed by atoms with E-state index in [-0.39, 0.29) is 12.5 Å². The zero-order valence-electron chi connectivity index (χ0n) is 13.6. The average Bonchev–Trinajstić information content (AvgIpc) is 2.57. The summed E-state index contributed by atoms with van der Waals surface area (Å²) >= 11 is 2.99. The van der Waals surface area contributed by atoms with E-state index in [1.165, 1.54) is 0 Å². The summed E-state index contributed by atoms with van der Waals surface area (Å²) in [5, 5.41) is 2.52. The summed E-state index contributed by atoms with van der Waals surface area (Å²) in [6, 6.07) is 8.33. The van der Waals surface area contributed by atoms with Gasteiger partial charge in [-0.3, -0.25) is 15.0 Å².